The molecule has 1 unspecified atom stereocenters. The Morgan fingerprint density at radius 2 is 2.00 bits per heavy atom. The molecule has 0 saturated heterocycles. The number of nitrogens with two attached hydrogens (primary N) is 1. The van der Waals surface area contributed by atoms with Crippen molar-refractivity contribution in [3.05, 3.63) is 59.9 Å². The van der Waals surface area contributed by atoms with E-state index in [1.165, 1.54) is 5.56 Å². The summed E-state index contributed by atoms with van der Waals surface area (Å²) in [4.78, 5) is 4.78. The summed E-state index contributed by atoms with van der Waals surface area (Å²) in [5, 5.41) is 0. The fraction of sp³-hybridized carbons (Fsp3) is 0.381. The van der Waals surface area contributed by atoms with Gasteiger partial charge in [-0.1, -0.05) is 37.6 Å². The Morgan fingerprint density at radius 3 is 2.80 bits per heavy atom. The van der Waals surface area contributed by atoms with E-state index in [2.05, 4.69) is 48.7 Å². The lowest BCUT2D eigenvalue weighted by molar-refractivity contribution is 0.301. The predicted molar refractivity (Wildman–Crippen MR) is 103 cm³/mol. The van der Waals surface area contributed by atoms with Gasteiger partial charge in [0.15, 0.2) is 0 Å². The third kappa shape index (κ3) is 4.20. The molecule has 1 atom stereocenters. The van der Waals surface area contributed by atoms with Gasteiger partial charge in [-0.2, -0.15) is 0 Å². The van der Waals surface area contributed by atoms with E-state index in [0.29, 0.717) is 6.61 Å². The number of benzene rings is 2. The van der Waals surface area contributed by atoms with Gasteiger partial charge in [0.25, 0.3) is 0 Å². The van der Waals surface area contributed by atoms with Crippen molar-refractivity contribution in [3.8, 4) is 5.75 Å². The molecule has 1 heterocycles. The number of nitrogens with zero attached hydrogens (tertiary/aromatic N) is 2. The summed E-state index contributed by atoms with van der Waals surface area (Å²) in [6, 6.07) is 16.4. The minimum absolute atomic E-state index is 0.0184. The summed E-state index contributed by atoms with van der Waals surface area (Å²) < 4.78 is 8.14. The minimum Gasteiger partial charge on any atom is -0.494 e. The van der Waals surface area contributed by atoms with Crippen molar-refractivity contribution in [2.75, 3.05) is 6.61 Å². The quantitative estimate of drug-likeness (QED) is 0.611. The number of aromatic nitrogens is 2. The molecule has 3 aromatic rings. The molecule has 0 spiro atoms. The van der Waals surface area contributed by atoms with Gasteiger partial charge in [-0.15, -0.1) is 0 Å². The zero-order valence-electron chi connectivity index (χ0n) is 15.1. The highest BCUT2D eigenvalue weighted by Gasteiger charge is 2.16. The second kappa shape index (κ2) is 8.17. The van der Waals surface area contributed by atoms with Crippen LogP contribution in [0, 0.1) is 6.92 Å². The Labute approximate surface area is 149 Å². The van der Waals surface area contributed by atoms with Crippen LogP contribution in [0.15, 0.2) is 48.5 Å². The molecule has 0 aliphatic carbocycles. The Balaban J connectivity index is 1.70. The molecule has 1 aromatic heterocycles. The number of aryl methyl sites for hydroxylation is 2. The molecule has 4 nitrogen and oxygen atoms in total. The lowest BCUT2D eigenvalue weighted by Gasteiger charge is -2.14. The third-order valence-electron chi connectivity index (χ3n) is 4.40. The lowest BCUT2D eigenvalue weighted by atomic mass is 10.1. The average molecular weight is 337 g/mol. The Hall–Kier alpha value is -2.33. The van der Waals surface area contributed by atoms with E-state index < -0.39 is 0 Å². The van der Waals surface area contributed by atoms with E-state index in [-0.39, 0.29) is 6.04 Å². The molecule has 0 bridgehead atoms. The van der Waals surface area contributed by atoms with Gasteiger partial charge in [-0.05, 0) is 49.6 Å². The van der Waals surface area contributed by atoms with Crippen LogP contribution >= 0.6 is 0 Å². The van der Waals surface area contributed by atoms with E-state index in [4.69, 9.17) is 15.5 Å². The third-order valence-corrected chi connectivity index (χ3v) is 4.40. The van der Waals surface area contributed by atoms with Gasteiger partial charge in [0, 0.05) is 6.54 Å². The van der Waals surface area contributed by atoms with Gasteiger partial charge >= 0.3 is 0 Å². The number of rotatable bonds is 8. The molecule has 0 aliphatic rings. The maximum atomic E-state index is 6.37. The second-order valence-corrected chi connectivity index (χ2v) is 6.52. The van der Waals surface area contributed by atoms with Crippen molar-refractivity contribution >= 4 is 11.0 Å². The summed E-state index contributed by atoms with van der Waals surface area (Å²) in [5.74, 6) is 1.91. The van der Waals surface area contributed by atoms with Gasteiger partial charge in [-0.25, -0.2) is 4.98 Å². The molecule has 0 amide bonds. The van der Waals surface area contributed by atoms with Crippen LogP contribution in [-0.4, -0.2) is 16.2 Å². The molecule has 132 valence electrons. The van der Waals surface area contributed by atoms with Gasteiger partial charge in [0.05, 0.1) is 23.7 Å². The van der Waals surface area contributed by atoms with Crippen molar-refractivity contribution in [1.82, 2.24) is 9.55 Å². The fourth-order valence-corrected chi connectivity index (χ4v) is 3.17. The van der Waals surface area contributed by atoms with E-state index >= 15 is 0 Å². The van der Waals surface area contributed by atoms with E-state index in [0.717, 1.165) is 48.4 Å². The molecule has 25 heavy (non-hydrogen) atoms. The maximum absolute atomic E-state index is 6.37. The number of ether oxygens (including phenoxy) is 1. The van der Waals surface area contributed by atoms with Crippen molar-refractivity contribution in [2.45, 2.75) is 45.7 Å². The van der Waals surface area contributed by atoms with E-state index in [1.54, 1.807) is 0 Å². The Bertz CT molecular complexity index is 825. The van der Waals surface area contributed by atoms with Crippen LogP contribution in [-0.2, 0) is 6.54 Å². The van der Waals surface area contributed by atoms with E-state index in [9.17, 15) is 0 Å². The summed E-state index contributed by atoms with van der Waals surface area (Å²) in [7, 11) is 0. The van der Waals surface area contributed by atoms with Crippen LogP contribution in [0.2, 0.25) is 0 Å². The molecule has 0 radical (unpaired) electrons. The zero-order valence-corrected chi connectivity index (χ0v) is 15.1. The minimum atomic E-state index is -0.0184. The smallest absolute Gasteiger partial charge is 0.126 e. The number of hydrogen-bond acceptors (Lipinski definition) is 3. The predicted octanol–water partition coefficient (Wildman–Crippen LogP) is 4.61. The van der Waals surface area contributed by atoms with Crippen LogP contribution < -0.4 is 10.5 Å². The number of imidazole rings is 1. The largest absolute Gasteiger partial charge is 0.494 e. The highest BCUT2D eigenvalue weighted by atomic mass is 16.5. The first-order chi connectivity index (χ1) is 12.2. The van der Waals surface area contributed by atoms with Gasteiger partial charge in [0.2, 0.25) is 0 Å². The molecule has 4 heteroatoms. The summed E-state index contributed by atoms with van der Waals surface area (Å²) in [6.45, 7) is 5.77. The van der Waals surface area contributed by atoms with Crippen LogP contribution in [0.1, 0.15) is 43.6 Å². The van der Waals surface area contributed by atoms with Gasteiger partial charge in [0.1, 0.15) is 11.6 Å². The SMILES string of the molecule is CCCC(N)c1nc2ccccc2n1CCCOc1cccc(C)c1. The molecule has 2 N–H and O–H groups in total. The first kappa shape index (κ1) is 17.5. The van der Waals surface area contributed by atoms with Crippen molar-refractivity contribution in [2.24, 2.45) is 5.73 Å². The second-order valence-electron chi connectivity index (χ2n) is 6.52. The summed E-state index contributed by atoms with van der Waals surface area (Å²) in [5.41, 5.74) is 9.75. The molecule has 2 aromatic carbocycles. The normalized spacial score (nSPS) is 12.4. The fourth-order valence-electron chi connectivity index (χ4n) is 3.17. The molecular formula is C21H27N3O. The molecule has 0 fully saturated rings. The van der Waals surface area contributed by atoms with Crippen LogP contribution in [0.5, 0.6) is 5.75 Å². The summed E-state index contributed by atoms with van der Waals surface area (Å²) >= 11 is 0. The highest BCUT2D eigenvalue weighted by Crippen LogP contribution is 2.23. The van der Waals surface area contributed by atoms with Crippen molar-refractivity contribution < 1.29 is 4.74 Å². The van der Waals surface area contributed by atoms with Crippen LogP contribution in [0.25, 0.3) is 11.0 Å². The number of hydrogen-bond donors (Lipinski definition) is 1. The van der Waals surface area contributed by atoms with Crippen molar-refractivity contribution in [1.29, 1.82) is 0 Å². The monoisotopic (exact) mass is 337 g/mol. The van der Waals surface area contributed by atoms with Crippen molar-refractivity contribution in [3.63, 3.8) is 0 Å². The average Bonchev–Trinajstić information content (AvgIpc) is 2.98. The molecular weight excluding hydrogens is 310 g/mol. The van der Waals surface area contributed by atoms with Gasteiger partial charge in [-0.3, -0.25) is 0 Å². The first-order valence-electron chi connectivity index (χ1n) is 9.09. The zero-order chi connectivity index (χ0) is 17.6. The topological polar surface area (TPSA) is 53.1 Å². The highest BCUT2D eigenvalue weighted by molar-refractivity contribution is 5.76. The first-order valence-corrected chi connectivity index (χ1v) is 9.09. The van der Waals surface area contributed by atoms with Crippen LogP contribution in [0.4, 0.5) is 0 Å². The van der Waals surface area contributed by atoms with Crippen LogP contribution in [0.3, 0.4) is 0 Å². The lowest BCUT2D eigenvalue weighted by Crippen LogP contribution is -2.17. The summed E-state index contributed by atoms with van der Waals surface area (Å²) in [6.07, 6.45) is 2.92. The molecule has 0 saturated carbocycles. The number of fused-ring (bicyclic) bond motifs is 1. The number of para-hydroxylation sites is 2. The Kier molecular flexibility index (Phi) is 5.71. The standard InChI is InChI=1S/C21H27N3O/c1-3-8-18(22)21-23-19-11-4-5-12-20(19)24(21)13-7-14-25-17-10-6-9-16(2)15-17/h4-6,9-12,15,18H,3,7-8,13-14,22H2,1-2H3. The molecule has 3 rings (SSSR count). The van der Waals surface area contributed by atoms with E-state index in [1.807, 2.05) is 18.2 Å². The Morgan fingerprint density at radius 1 is 1.16 bits per heavy atom. The van der Waals surface area contributed by atoms with Gasteiger partial charge < -0.3 is 15.0 Å². The maximum Gasteiger partial charge on any atom is 0.126 e. The molecule has 0 aliphatic heterocycles.